The monoisotopic (exact) mass is 534 g/mol. The van der Waals surface area contributed by atoms with E-state index in [1.807, 2.05) is 59.5 Å². The van der Waals surface area contributed by atoms with E-state index < -0.39 is 5.54 Å². The van der Waals surface area contributed by atoms with E-state index in [0.29, 0.717) is 59.9 Å². The summed E-state index contributed by atoms with van der Waals surface area (Å²) in [5, 5.41) is 3.62. The van der Waals surface area contributed by atoms with Gasteiger partial charge in [-0.15, -0.1) is 0 Å². The number of pyridine rings is 2. The molecule has 1 saturated heterocycles. The summed E-state index contributed by atoms with van der Waals surface area (Å²) in [5.74, 6) is 2.82. The first kappa shape index (κ1) is 26.4. The molecule has 2 bridgehead atoms. The van der Waals surface area contributed by atoms with E-state index >= 15 is 0 Å². The molecule has 1 aliphatic heterocycles. The Balaban J connectivity index is 1.38. The molecule has 1 N–H and O–H groups in total. The van der Waals surface area contributed by atoms with Gasteiger partial charge in [-0.1, -0.05) is 51.1 Å². The minimum Gasteiger partial charge on any atom is -0.357 e. The molecule has 4 unspecified atom stereocenters. The number of amides is 1. The third kappa shape index (κ3) is 4.74. The first-order valence-corrected chi connectivity index (χ1v) is 14.5. The van der Waals surface area contributed by atoms with E-state index in [4.69, 9.17) is 0 Å². The zero-order valence-electron chi connectivity index (χ0n) is 23.6. The average Bonchev–Trinajstić information content (AvgIpc) is 3.20. The summed E-state index contributed by atoms with van der Waals surface area (Å²) in [7, 11) is 0. The molecule has 4 aliphatic rings. The molecule has 1 amide bonds. The molecule has 3 aliphatic carbocycles. The largest absolute Gasteiger partial charge is 0.357 e. The second kappa shape index (κ2) is 10.3. The van der Waals surface area contributed by atoms with Crippen molar-refractivity contribution in [3.63, 3.8) is 0 Å². The SMILES string of the molecule is CC1C(CN2C(=O)C(Cc3ccncc3)(Cc3ccncc3)NC2=CC(=O)c2ccccc2)CC2CC1C2(C)C. The summed E-state index contributed by atoms with van der Waals surface area (Å²) in [6, 6.07) is 17.1. The molecule has 7 rings (SSSR count). The van der Waals surface area contributed by atoms with Crippen molar-refractivity contribution in [2.75, 3.05) is 6.54 Å². The topological polar surface area (TPSA) is 75.2 Å². The van der Waals surface area contributed by atoms with Crippen molar-refractivity contribution in [2.45, 2.75) is 52.0 Å². The Kier molecular flexibility index (Phi) is 6.81. The average molecular weight is 535 g/mol. The highest BCUT2D eigenvalue weighted by Gasteiger charge is 2.57. The van der Waals surface area contributed by atoms with Gasteiger partial charge in [0.05, 0.1) is 0 Å². The molecular formula is C34H38N4O2. The van der Waals surface area contributed by atoms with Gasteiger partial charge in [0.25, 0.3) is 5.91 Å². The van der Waals surface area contributed by atoms with Crippen molar-refractivity contribution in [1.29, 1.82) is 0 Å². The Bertz CT molecular complexity index is 1360. The van der Waals surface area contributed by atoms with Crippen LogP contribution >= 0.6 is 0 Å². The van der Waals surface area contributed by atoms with Crippen LogP contribution in [0.4, 0.5) is 0 Å². The van der Waals surface area contributed by atoms with Crippen LogP contribution in [0.2, 0.25) is 0 Å². The van der Waals surface area contributed by atoms with E-state index in [0.717, 1.165) is 17.5 Å². The lowest BCUT2D eigenvalue weighted by molar-refractivity contribution is -0.142. The Morgan fingerprint density at radius 1 is 0.950 bits per heavy atom. The maximum Gasteiger partial charge on any atom is 0.254 e. The molecule has 3 heterocycles. The van der Waals surface area contributed by atoms with Gasteiger partial charge in [-0.25, -0.2) is 0 Å². The van der Waals surface area contributed by atoms with Crippen molar-refractivity contribution in [2.24, 2.45) is 29.1 Å². The van der Waals surface area contributed by atoms with Crippen molar-refractivity contribution in [3.8, 4) is 0 Å². The van der Waals surface area contributed by atoms with Crippen LogP contribution < -0.4 is 5.32 Å². The van der Waals surface area contributed by atoms with Crippen LogP contribution in [0.5, 0.6) is 0 Å². The number of ketones is 1. The highest BCUT2D eigenvalue weighted by Crippen LogP contribution is 2.63. The van der Waals surface area contributed by atoms with Gasteiger partial charge in [0.2, 0.25) is 0 Å². The maximum absolute atomic E-state index is 14.6. The minimum atomic E-state index is -0.925. The molecule has 2 aromatic heterocycles. The van der Waals surface area contributed by atoms with E-state index in [1.165, 1.54) is 6.42 Å². The molecule has 6 heteroatoms. The number of allylic oxidation sites excluding steroid dienone is 1. The first-order valence-electron chi connectivity index (χ1n) is 14.5. The van der Waals surface area contributed by atoms with Gasteiger partial charge in [0.15, 0.2) is 5.78 Å². The molecule has 1 aromatic carbocycles. The summed E-state index contributed by atoms with van der Waals surface area (Å²) in [6.07, 6.45) is 12.1. The number of carbonyl (C=O) groups is 2. The molecule has 4 atom stereocenters. The van der Waals surface area contributed by atoms with Gasteiger partial charge in [0, 0.05) is 55.8 Å². The zero-order chi connectivity index (χ0) is 27.9. The molecule has 0 spiro atoms. The Labute approximate surface area is 236 Å². The highest BCUT2D eigenvalue weighted by atomic mass is 16.2. The Morgan fingerprint density at radius 2 is 1.55 bits per heavy atom. The molecule has 6 nitrogen and oxygen atoms in total. The predicted molar refractivity (Wildman–Crippen MR) is 155 cm³/mol. The van der Waals surface area contributed by atoms with Gasteiger partial charge >= 0.3 is 0 Å². The fourth-order valence-electron chi connectivity index (χ4n) is 7.57. The van der Waals surface area contributed by atoms with Gasteiger partial charge in [0.1, 0.15) is 11.4 Å². The fourth-order valence-corrected chi connectivity index (χ4v) is 7.57. The van der Waals surface area contributed by atoms with Gasteiger partial charge in [-0.3, -0.25) is 24.5 Å². The number of carbonyl (C=O) groups excluding carboxylic acids is 2. The van der Waals surface area contributed by atoms with Crippen molar-refractivity contribution in [3.05, 3.63) is 108 Å². The van der Waals surface area contributed by atoms with E-state index in [1.54, 1.807) is 30.9 Å². The third-order valence-corrected chi connectivity index (χ3v) is 10.1. The lowest BCUT2D eigenvalue weighted by atomic mass is 9.43. The number of nitrogens with one attached hydrogen (secondary N) is 1. The molecule has 0 radical (unpaired) electrons. The molecule has 40 heavy (non-hydrogen) atoms. The lowest BCUT2D eigenvalue weighted by Crippen LogP contribution is -2.57. The normalized spacial score (nSPS) is 27.2. The van der Waals surface area contributed by atoms with E-state index in [2.05, 4.69) is 36.1 Å². The predicted octanol–water partition coefficient (Wildman–Crippen LogP) is 5.48. The molecule has 206 valence electrons. The van der Waals surface area contributed by atoms with Gasteiger partial charge in [-0.05, 0) is 77.3 Å². The standard InChI is InChI=1S/C34H38N4O2/c1-23-27(17-28-18-29(23)33(28,2)3)22-38-31(19-30(39)26-7-5-4-6-8-26)37-34(32(38)40,20-24-9-13-35-14-10-24)21-25-11-15-36-16-12-25/h4-16,19,23,27-29,37H,17-18,20-22H2,1-3H3. The molecule has 3 saturated carbocycles. The highest BCUT2D eigenvalue weighted by molar-refractivity contribution is 6.06. The number of nitrogens with zero attached hydrogens (tertiary/aromatic N) is 3. The zero-order valence-corrected chi connectivity index (χ0v) is 23.6. The van der Waals surface area contributed by atoms with Crippen LogP contribution in [0.3, 0.4) is 0 Å². The summed E-state index contributed by atoms with van der Waals surface area (Å²) in [4.78, 5) is 38.3. The van der Waals surface area contributed by atoms with Crippen molar-refractivity contribution in [1.82, 2.24) is 20.2 Å². The third-order valence-electron chi connectivity index (χ3n) is 10.1. The number of hydrogen-bond acceptors (Lipinski definition) is 5. The van der Waals surface area contributed by atoms with Gasteiger partial charge < -0.3 is 5.32 Å². The molecule has 3 aromatic rings. The molecular weight excluding hydrogens is 496 g/mol. The van der Waals surface area contributed by atoms with Crippen LogP contribution in [-0.2, 0) is 17.6 Å². The summed E-state index contributed by atoms with van der Waals surface area (Å²) in [6.45, 7) is 7.79. The number of hydrogen-bond donors (Lipinski definition) is 1. The lowest BCUT2D eigenvalue weighted by Gasteiger charge is -2.62. The molecule has 4 fully saturated rings. The van der Waals surface area contributed by atoms with E-state index in [-0.39, 0.29) is 11.7 Å². The smallest absolute Gasteiger partial charge is 0.254 e. The van der Waals surface area contributed by atoms with Crippen LogP contribution in [0.25, 0.3) is 0 Å². The number of benzene rings is 1. The second-order valence-corrected chi connectivity index (χ2v) is 12.7. The number of rotatable bonds is 8. The summed E-state index contributed by atoms with van der Waals surface area (Å²) < 4.78 is 0. The minimum absolute atomic E-state index is 0.0268. The van der Waals surface area contributed by atoms with Gasteiger partial charge in [-0.2, -0.15) is 0 Å². The van der Waals surface area contributed by atoms with Crippen molar-refractivity contribution < 1.29 is 9.59 Å². The maximum atomic E-state index is 14.6. The summed E-state index contributed by atoms with van der Waals surface area (Å²) in [5.41, 5.74) is 2.10. The van der Waals surface area contributed by atoms with Crippen LogP contribution in [0.1, 0.15) is 55.1 Å². The summed E-state index contributed by atoms with van der Waals surface area (Å²) >= 11 is 0. The number of fused-ring (bicyclic) bond motifs is 2. The fraction of sp³-hybridized carbons (Fsp3) is 0.412. The second-order valence-electron chi connectivity index (χ2n) is 12.7. The number of aromatic nitrogens is 2. The van der Waals surface area contributed by atoms with Crippen molar-refractivity contribution >= 4 is 11.7 Å². The Morgan fingerprint density at radius 3 is 2.10 bits per heavy atom. The van der Waals surface area contributed by atoms with Crippen LogP contribution in [0.15, 0.2) is 91.3 Å². The van der Waals surface area contributed by atoms with Crippen LogP contribution in [0, 0.1) is 29.1 Å². The first-order chi connectivity index (χ1) is 19.3. The Hall–Kier alpha value is -3.80. The quantitative estimate of drug-likeness (QED) is 0.306. The van der Waals surface area contributed by atoms with E-state index in [9.17, 15) is 9.59 Å². The van der Waals surface area contributed by atoms with Crippen LogP contribution in [-0.4, -0.2) is 38.6 Å².